The number of benzene rings is 3. The van der Waals surface area contributed by atoms with Gasteiger partial charge in [-0.15, -0.1) is 0 Å². The molecule has 3 rings (SSSR count). The molecule has 0 radical (unpaired) electrons. The van der Waals surface area contributed by atoms with E-state index in [1.54, 1.807) is 30.5 Å². The lowest BCUT2D eigenvalue weighted by Gasteiger charge is -2.15. The smallest absolute Gasteiger partial charge is 0.269 e. The zero-order valence-corrected chi connectivity index (χ0v) is 23.0. The molecular formula is C25H24Br2N4O5. The number of carbonyl (C=O) groups excluding carboxylic acids is 1. The highest BCUT2D eigenvalue weighted by Gasteiger charge is 2.15. The van der Waals surface area contributed by atoms with Crippen molar-refractivity contribution in [2.24, 2.45) is 5.10 Å². The summed E-state index contributed by atoms with van der Waals surface area (Å²) in [6.45, 7) is 6.01. The number of rotatable bonds is 10. The van der Waals surface area contributed by atoms with E-state index >= 15 is 0 Å². The molecule has 9 nitrogen and oxygen atoms in total. The Hall–Kier alpha value is -3.44. The topological polar surface area (TPSA) is 115 Å². The van der Waals surface area contributed by atoms with E-state index < -0.39 is 4.92 Å². The van der Waals surface area contributed by atoms with Crippen molar-refractivity contribution in [1.29, 1.82) is 0 Å². The van der Waals surface area contributed by atoms with Crippen LogP contribution in [0.15, 0.2) is 62.6 Å². The lowest BCUT2D eigenvalue weighted by atomic mass is 10.1. The van der Waals surface area contributed by atoms with E-state index in [1.807, 2.05) is 32.9 Å². The summed E-state index contributed by atoms with van der Waals surface area (Å²) in [4.78, 5) is 22.8. The zero-order valence-electron chi connectivity index (χ0n) is 19.8. The van der Waals surface area contributed by atoms with Crippen LogP contribution in [0.25, 0.3) is 0 Å². The van der Waals surface area contributed by atoms with E-state index in [0.29, 0.717) is 39.5 Å². The Morgan fingerprint density at radius 3 is 2.42 bits per heavy atom. The summed E-state index contributed by atoms with van der Waals surface area (Å²) in [5, 5.41) is 17.8. The summed E-state index contributed by atoms with van der Waals surface area (Å²) in [5.74, 6) is 0.529. The molecule has 0 saturated carbocycles. The van der Waals surface area contributed by atoms with Gasteiger partial charge < -0.3 is 14.8 Å². The number of ether oxygens (including phenoxy) is 2. The molecule has 188 valence electrons. The molecule has 3 aromatic rings. The molecule has 0 aliphatic heterocycles. The van der Waals surface area contributed by atoms with E-state index in [2.05, 4.69) is 47.7 Å². The molecule has 3 aromatic carbocycles. The SMILES string of the molecule is CCOc1cc(/C=N/Nc2ccc([N+](=O)[O-])cc2)cc(Br)c1OCC(=O)Nc1cc(C)c(C)cc1Br. The third-order valence-electron chi connectivity index (χ3n) is 5.02. The summed E-state index contributed by atoms with van der Waals surface area (Å²) in [6.07, 6.45) is 1.57. The van der Waals surface area contributed by atoms with Crippen LogP contribution in [0.1, 0.15) is 23.6 Å². The summed E-state index contributed by atoms with van der Waals surface area (Å²) in [5.41, 5.74) is 6.98. The fourth-order valence-electron chi connectivity index (χ4n) is 3.11. The average Bonchev–Trinajstić information content (AvgIpc) is 2.82. The average molecular weight is 620 g/mol. The number of nitrogens with zero attached hydrogens (tertiary/aromatic N) is 2. The molecule has 0 bridgehead atoms. The number of nitro benzene ring substituents is 1. The fourth-order valence-corrected chi connectivity index (χ4v) is 4.24. The first kappa shape index (κ1) is 27.2. The first-order valence-electron chi connectivity index (χ1n) is 10.9. The second-order valence-electron chi connectivity index (χ2n) is 7.69. The van der Waals surface area contributed by atoms with Gasteiger partial charge >= 0.3 is 0 Å². The Kier molecular flexibility index (Phi) is 9.43. The van der Waals surface area contributed by atoms with Crippen molar-refractivity contribution in [1.82, 2.24) is 0 Å². The van der Waals surface area contributed by atoms with Crippen molar-refractivity contribution < 1.29 is 19.2 Å². The van der Waals surface area contributed by atoms with E-state index in [9.17, 15) is 14.9 Å². The number of aryl methyl sites for hydroxylation is 2. The summed E-state index contributed by atoms with van der Waals surface area (Å²) in [6, 6.07) is 13.3. The summed E-state index contributed by atoms with van der Waals surface area (Å²) in [7, 11) is 0. The molecule has 0 spiro atoms. The molecule has 2 N–H and O–H groups in total. The zero-order chi connectivity index (χ0) is 26.2. The Morgan fingerprint density at radius 1 is 1.06 bits per heavy atom. The highest BCUT2D eigenvalue weighted by Crippen LogP contribution is 2.37. The largest absolute Gasteiger partial charge is 0.490 e. The van der Waals surface area contributed by atoms with Crippen LogP contribution in [0.4, 0.5) is 17.1 Å². The second kappa shape index (κ2) is 12.5. The van der Waals surface area contributed by atoms with Gasteiger partial charge in [-0.3, -0.25) is 20.3 Å². The molecule has 0 saturated heterocycles. The van der Waals surface area contributed by atoms with E-state index in [-0.39, 0.29) is 18.2 Å². The van der Waals surface area contributed by atoms with Crippen molar-refractivity contribution in [3.05, 3.63) is 84.3 Å². The van der Waals surface area contributed by atoms with Crippen LogP contribution in [-0.2, 0) is 4.79 Å². The highest BCUT2D eigenvalue weighted by molar-refractivity contribution is 9.11. The number of halogens is 2. The Labute approximate surface area is 225 Å². The normalized spacial score (nSPS) is 10.8. The molecule has 0 heterocycles. The van der Waals surface area contributed by atoms with Crippen LogP contribution in [0.3, 0.4) is 0 Å². The first-order valence-corrected chi connectivity index (χ1v) is 12.5. The minimum absolute atomic E-state index is 0.000649. The van der Waals surface area contributed by atoms with Gasteiger partial charge in [0.2, 0.25) is 0 Å². The predicted molar refractivity (Wildman–Crippen MR) is 147 cm³/mol. The number of non-ortho nitro benzene ring substituents is 1. The quantitative estimate of drug-likeness (QED) is 0.150. The molecule has 0 aromatic heterocycles. The van der Waals surface area contributed by atoms with Gasteiger partial charge in [-0.25, -0.2) is 0 Å². The Morgan fingerprint density at radius 2 is 1.75 bits per heavy atom. The number of hydrogen-bond acceptors (Lipinski definition) is 7. The summed E-state index contributed by atoms with van der Waals surface area (Å²) >= 11 is 6.96. The lowest BCUT2D eigenvalue weighted by molar-refractivity contribution is -0.384. The van der Waals surface area contributed by atoms with Gasteiger partial charge in [0, 0.05) is 16.6 Å². The maximum Gasteiger partial charge on any atom is 0.269 e. The van der Waals surface area contributed by atoms with Crippen LogP contribution in [0.5, 0.6) is 11.5 Å². The van der Waals surface area contributed by atoms with Crippen molar-refractivity contribution >= 4 is 61.0 Å². The molecule has 0 fully saturated rings. The number of carbonyl (C=O) groups is 1. The van der Waals surface area contributed by atoms with Crippen LogP contribution in [-0.4, -0.2) is 30.3 Å². The second-order valence-corrected chi connectivity index (χ2v) is 9.40. The van der Waals surface area contributed by atoms with Crippen molar-refractivity contribution in [2.45, 2.75) is 20.8 Å². The monoisotopic (exact) mass is 618 g/mol. The van der Waals surface area contributed by atoms with Gasteiger partial charge in [0.1, 0.15) is 0 Å². The third kappa shape index (κ3) is 7.28. The maximum absolute atomic E-state index is 12.5. The molecule has 36 heavy (non-hydrogen) atoms. The van der Waals surface area contributed by atoms with Gasteiger partial charge in [-0.05, 0) is 106 Å². The predicted octanol–water partition coefficient (Wildman–Crippen LogP) is 6.60. The van der Waals surface area contributed by atoms with Crippen molar-refractivity contribution in [2.75, 3.05) is 24.0 Å². The van der Waals surface area contributed by atoms with Crippen LogP contribution in [0.2, 0.25) is 0 Å². The number of nitrogens with one attached hydrogen (secondary N) is 2. The van der Waals surface area contributed by atoms with E-state index in [0.717, 1.165) is 15.6 Å². The minimum atomic E-state index is -0.463. The molecule has 11 heteroatoms. The van der Waals surface area contributed by atoms with E-state index in [4.69, 9.17) is 9.47 Å². The van der Waals surface area contributed by atoms with Crippen LogP contribution >= 0.6 is 31.9 Å². The highest BCUT2D eigenvalue weighted by atomic mass is 79.9. The standard InChI is InChI=1S/C25H24Br2N4O5/c1-4-35-23-12-17(13-28-30-18-5-7-19(8-6-18)31(33)34)11-21(27)25(23)36-14-24(32)29-22-10-16(3)15(2)9-20(22)26/h5-13,30H,4,14H2,1-3H3,(H,29,32)/b28-13+. The molecule has 0 atom stereocenters. The molecule has 0 aliphatic carbocycles. The van der Waals surface area contributed by atoms with Crippen LogP contribution in [0, 0.1) is 24.0 Å². The van der Waals surface area contributed by atoms with E-state index in [1.165, 1.54) is 12.1 Å². The fraction of sp³-hybridized carbons (Fsp3) is 0.200. The third-order valence-corrected chi connectivity index (χ3v) is 6.27. The Bertz CT molecular complexity index is 1300. The number of anilines is 2. The van der Waals surface area contributed by atoms with Gasteiger partial charge in [-0.2, -0.15) is 5.10 Å². The Balaban J connectivity index is 1.68. The maximum atomic E-state index is 12.5. The van der Waals surface area contributed by atoms with Gasteiger partial charge in [0.05, 0.1) is 33.6 Å². The van der Waals surface area contributed by atoms with Crippen molar-refractivity contribution in [3.63, 3.8) is 0 Å². The molecule has 0 unspecified atom stereocenters. The molecule has 0 aliphatic rings. The number of hydrogen-bond donors (Lipinski definition) is 2. The number of nitro groups is 1. The van der Waals surface area contributed by atoms with Gasteiger partial charge in [0.25, 0.3) is 11.6 Å². The van der Waals surface area contributed by atoms with Crippen molar-refractivity contribution in [3.8, 4) is 11.5 Å². The van der Waals surface area contributed by atoms with Gasteiger partial charge in [0.15, 0.2) is 18.1 Å². The number of hydrazone groups is 1. The molecule has 1 amide bonds. The molecular weight excluding hydrogens is 596 g/mol. The minimum Gasteiger partial charge on any atom is -0.490 e. The summed E-state index contributed by atoms with van der Waals surface area (Å²) < 4.78 is 12.9. The first-order chi connectivity index (χ1) is 17.2. The lowest BCUT2D eigenvalue weighted by Crippen LogP contribution is -2.21. The number of amides is 1. The van der Waals surface area contributed by atoms with Crippen LogP contribution < -0.4 is 20.2 Å². The van der Waals surface area contributed by atoms with Gasteiger partial charge in [-0.1, -0.05) is 0 Å².